The van der Waals surface area contributed by atoms with Gasteiger partial charge in [-0.1, -0.05) is 0 Å². The zero-order valence-corrected chi connectivity index (χ0v) is 11.0. The van der Waals surface area contributed by atoms with Crippen molar-refractivity contribution < 1.29 is 17.6 Å². The molecule has 0 spiro atoms. The fourth-order valence-corrected chi connectivity index (χ4v) is 2.56. The van der Waals surface area contributed by atoms with Crippen molar-refractivity contribution in [1.82, 2.24) is 15.0 Å². The third-order valence-electron chi connectivity index (χ3n) is 2.40. The first-order chi connectivity index (χ1) is 8.99. The molecule has 2 rings (SSSR count). The minimum Gasteiger partial charge on any atom is -0.443 e. The molecule has 1 heterocycles. The molecule has 0 radical (unpaired) electrons. The molecule has 7 nitrogen and oxygen atoms in total. The molecule has 1 amide bonds. The van der Waals surface area contributed by atoms with E-state index in [1.807, 2.05) is 0 Å². The summed E-state index contributed by atoms with van der Waals surface area (Å²) in [5.74, 6) is -0.206. The Morgan fingerprint density at radius 2 is 2.16 bits per heavy atom. The van der Waals surface area contributed by atoms with E-state index < -0.39 is 10.0 Å². The second-order valence-electron chi connectivity index (χ2n) is 3.86. The van der Waals surface area contributed by atoms with Gasteiger partial charge >= 0.3 is 0 Å². The lowest BCUT2D eigenvalue weighted by Crippen LogP contribution is -2.33. The smallest absolute Gasteiger partial charge is 0.240 e. The highest BCUT2D eigenvalue weighted by atomic mass is 32.2. The van der Waals surface area contributed by atoms with Gasteiger partial charge in [-0.3, -0.25) is 4.79 Å². The number of hydrogen-bond acceptors (Lipinski definition) is 5. The fourth-order valence-electron chi connectivity index (χ4n) is 1.51. The number of benzene rings is 1. The lowest BCUT2D eigenvalue weighted by atomic mass is 10.3. The van der Waals surface area contributed by atoms with Gasteiger partial charge in [0.1, 0.15) is 5.52 Å². The Hall–Kier alpha value is -1.93. The number of aromatic nitrogens is 1. The lowest BCUT2D eigenvalue weighted by molar-refractivity contribution is -0.118. The maximum absolute atomic E-state index is 12.0. The van der Waals surface area contributed by atoms with Crippen molar-refractivity contribution in [3.63, 3.8) is 0 Å². The predicted molar refractivity (Wildman–Crippen MR) is 67.9 cm³/mol. The van der Waals surface area contributed by atoms with Crippen molar-refractivity contribution in [3.8, 4) is 0 Å². The number of oxazole rings is 1. The van der Waals surface area contributed by atoms with E-state index in [9.17, 15) is 13.2 Å². The number of hydrogen-bond donors (Lipinski definition) is 2. The second kappa shape index (κ2) is 5.37. The summed E-state index contributed by atoms with van der Waals surface area (Å²) in [6.07, 6.45) is 1.26. The van der Waals surface area contributed by atoms with E-state index >= 15 is 0 Å². The van der Waals surface area contributed by atoms with Crippen LogP contribution in [-0.4, -0.2) is 32.4 Å². The molecule has 102 valence electrons. The average Bonchev–Trinajstić information content (AvgIpc) is 2.81. The normalized spacial score (nSPS) is 11.6. The molecule has 0 unspecified atom stereocenters. The van der Waals surface area contributed by atoms with Crippen molar-refractivity contribution in [2.45, 2.75) is 11.8 Å². The number of rotatable bonds is 5. The van der Waals surface area contributed by atoms with Crippen molar-refractivity contribution in [2.75, 3.05) is 13.1 Å². The van der Waals surface area contributed by atoms with Crippen LogP contribution in [0.4, 0.5) is 0 Å². The van der Waals surface area contributed by atoms with Gasteiger partial charge in [0.05, 0.1) is 4.90 Å². The van der Waals surface area contributed by atoms with E-state index in [0.717, 1.165) is 0 Å². The topological polar surface area (TPSA) is 101 Å². The Bertz CT molecular complexity index is 693. The molecule has 0 atom stereocenters. The molecule has 2 N–H and O–H groups in total. The zero-order chi connectivity index (χ0) is 13.9. The first-order valence-corrected chi connectivity index (χ1v) is 7.05. The van der Waals surface area contributed by atoms with E-state index in [0.29, 0.717) is 11.1 Å². The number of amides is 1. The standard InChI is InChI=1S/C11H13N3O4S/c1-8(15)12-4-5-14-19(16,17)9-2-3-10-11(6-9)18-7-13-10/h2-3,6-7,14H,4-5H2,1H3,(H,12,15). The number of sulfonamides is 1. The first-order valence-electron chi connectivity index (χ1n) is 5.56. The predicted octanol–water partition coefficient (Wildman–Crippen LogP) is 0.242. The minimum atomic E-state index is -3.62. The number of nitrogens with zero attached hydrogens (tertiary/aromatic N) is 1. The summed E-state index contributed by atoms with van der Waals surface area (Å²) in [4.78, 5) is 14.7. The van der Waals surface area contributed by atoms with E-state index in [2.05, 4.69) is 15.0 Å². The summed E-state index contributed by atoms with van der Waals surface area (Å²) in [7, 11) is -3.62. The van der Waals surface area contributed by atoms with E-state index in [1.165, 1.54) is 25.5 Å². The van der Waals surface area contributed by atoms with Gasteiger partial charge in [0.2, 0.25) is 15.9 Å². The third kappa shape index (κ3) is 3.30. The van der Waals surface area contributed by atoms with Gasteiger partial charge < -0.3 is 9.73 Å². The molecule has 19 heavy (non-hydrogen) atoms. The zero-order valence-electron chi connectivity index (χ0n) is 10.2. The molecular weight excluding hydrogens is 270 g/mol. The fraction of sp³-hybridized carbons (Fsp3) is 0.273. The highest BCUT2D eigenvalue weighted by molar-refractivity contribution is 7.89. The van der Waals surface area contributed by atoms with E-state index in [-0.39, 0.29) is 23.9 Å². The van der Waals surface area contributed by atoms with Crippen LogP contribution in [0.15, 0.2) is 33.9 Å². The molecule has 1 aromatic heterocycles. The average molecular weight is 283 g/mol. The Morgan fingerprint density at radius 3 is 2.89 bits per heavy atom. The van der Waals surface area contributed by atoms with Gasteiger partial charge in [-0.15, -0.1) is 0 Å². The molecule has 1 aromatic carbocycles. The molecule has 0 fully saturated rings. The number of carbonyl (C=O) groups is 1. The van der Waals surface area contributed by atoms with Crippen LogP contribution in [0.2, 0.25) is 0 Å². The van der Waals surface area contributed by atoms with Gasteiger partial charge in [0.15, 0.2) is 12.0 Å². The maximum atomic E-state index is 12.0. The Labute approximate surface area is 110 Å². The molecule has 0 saturated heterocycles. The number of fused-ring (bicyclic) bond motifs is 1. The largest absolute Gasteiger partial charge is 0.443 e. The van der Waals surface area contributed by atoms with Crippen LogP contribution in [0.3, 0.4) is 0 Å². The van der Waals surface area contributed by atoms with Crippen molar-refractivity contribution in [3.05, 3.63) is 24.6 Å². The number of nitrogens with one attached hydrogen (secondary N) is 2. The van der Waals surface area contributed by atoms with Crippen LogP contribution in [0.5, 0.6) is 0 Å². The highest BCUT2D eigenvalue weighted by Gasteiger charge is 2.14. The van der Waals surface area contributed by atoms with Crippen LogP contribution in [0.1, 0.15) is 6.92 Å². The molecule has 0 bridgehead atoms. The van der Waals surface area contributed by atoms with Crippen LogP contribution < -0.4 is 10.0 Å². The Morgan fingerprint density at radius 1 is 1.37 bits per heavy atom. The van der Waals surface area contributed by atoms with E-state index in [4.69, 9.17) is 4.42 Å². The molecule has 0 aliphatic rings. The van der Waals surface area contributed by atoms with Gasteiger partial charge in [-0.25, -0.2) is 18.1 Å². The van der Waals surface area contributed by atoms with Crippen molar-refractivity contribution >= 4 is 27.0 Å². The van der Waals surface area contributed by atoms with Crippen LogP contribution in [-0.2, 0) is 14.8 Å². The van der Waals surface area contributed by atoms with Crippen molar-refractivity contribution in [2.24, 2.45) is 0 Å². The molecule has 0 aliphatic heterocycles. The molecule has 0 saturated carbocycles. The first kappa shape index (κ1) is 13.5. The third-order valence-corrected chi connectivity index (χ3v) is 3.86. The Balaban J connectivity index is 2.08. The van der Waals surface area contributed by atoms with Crippen molar-refractivity contribution in [1.29, 1.82) is 0 Å². The Kier molecular flexibility index (Phi) is 3.82. The SMILES string of the molecule is CC(=O)NCCNS(=O)(=O)c1ccc2ncoc2c1. The van der Waals surface area contributed by atoms with Crippen LogP contribution in [0.25, 0.3) is 11.1 Å². The van der Waals surface area contributed by atoms with Crippen LogP contribution >= 0.6 is 0 Å². The molecule has 8 heteroatoms. The second-order valence-corrected chi connectivity index (χ2v) is 5.63. The monoisotopic (exact) mass is 283 g/mol. The number of carbonyl (C=O) groups excluding carboxylic acids is 1. The van der Waals surface area contributed by atoms with Gasteiger partial charge in [-0.2, -0.15) is 0 Å². The lowest BCUT2D eigenvalue weighted by Gasteiger charge is -2.06. The summed E-state index contributed by atoms with van der Waals surface area (Å²) in [6.45, 7) is 1.72. The summed E-state index contributed by atoms with van der Waals surface area (Å²) in [6, 6.07) is 4.43. The molecule has 2 aromatic rings. The van der Waals surface area contributed by atoms with E-state index in [1.54, 1.807) is 6.07 Å². The summed E-state index contributed by atoms with van der Waals surface area (Å²) in [5.41, 5.74) is 1.00. The highest BCUT2D eigenvalue weighted by Crippen LogP contribution is 2.17. The quantitative estimate of drug-likeness (QED) is 0.765. The van der Waals surface area contributed by atoms with Gasteiger partial charge in [0, 0.05) is 26.1 Å². The maximum Gasteiger partial charge on any atom is 0.240 e. The summed E-state index contributed by atoms with van der Waals surface area (Å²) in [5, 5.41) is 2.50. The van der Waals surface area contributed by atoms with Crippen LogP contribution in [0, 0.1) is 0 Å². The summed E-state index contributed by atoms with van der Waals surface area (Å²) < 4.78 is 31.3. The molecular formula is C11H13N3O4S. The van der Waals surface area contributed by atoms with Gasteiger partial charge in [-0.05, 0) is 12.1 Å². The molecule has 0 aliphatic carbocycles. The van der Waals surface area contributed by atoms with Gasteiger partial charge in [0.25, 0.3) is 0 Å². The minimum absolute atomic E-state index is 0.0968. The summed E-state index contributed by atoms with van der Waals surface area (Å²) >= 11 is 0.